The summed E-state index contributed by atoms with van der Waals surface area (Å²) >= 11 is 3.46. The highest BCUT2D eigenvalue weighted by atomic mass is 79.9. The van der Waals surface area contributed by atoms with Gasteiger partial charge in [0.25, 0.3) is 0 Å². The van der Waals surface area contributed by atoms with E-state index in [1.807, 2.05) is 30.3 Å². The summed E-state index contributed by atoms with van der Waals surface area (Å²) in [6, 6.07) is 16.4. The van der Waals surface area contributed by atoms with E-state index in [9.17, 15) is 0 Å². The Morgan fingerprint density at radius 1 is 1.00 bits per heavy atom. The average molecular weight is 333 g/mol. The van der Waals surface area contributed by atoms with Crippen molar-refractivity contribution in [2.24, 2.45) is 0 Å². The maximum absolute atomic E-state index is 6.04. The highest BCUT2D eigenvalue weighted by molar-refractivity contribution is 9.10. The van der Waals surface area contributed by atoms with Crippen molar-refractivity contribution < 1.29 is 9.47 Å². The fourth-order valence-corrected chi connectivity index (χ4v) is 2.65. The topological polar surface area (TPSA) is 18.5 Å². The number of benzene rings is 2. The third-order valence-electron chi connectivity index (χ3n) is 3.44. The SMILES string of the molecule is Brc1ccc(-c2ccccc2OC2CCCCO2)cc1. The minimum absolute atomic E-state index is 0.111. The van der Waals surface area contributed by atoms with Crippen LogP contribution in [0.25, 0.3) is 11.1 Å². The summed E-state index contributed by atoms with van der Waals surface area (Å²) < 4.78 is 12.8. The first-order valence-corrected chi connectivity index (χ1v) is 7.75. The molecule has 0 bridgehead atoms. The Labute approximate surface area is 127 Å². The van der Waals surface area contributed by atoms with Crippen LogP contribution in [-0.4, -0.2) is 12.9 Å². The molecule has 2 aromatic carbocycles. The predicted molar refractivity (Wildman–Crippen MR) is 83.8 cm³/mol. The van der Waals surface area contributed by atoms with E-state index >= 15 is 0 Å². The highest BCUT2D eigenvalue weighted by Crippen LogP contribution is 2.32. The molecule has 1 heterocycles. The van der Waals surface area contributed by atoms with Crippen LogP contribution in [0.1, 0.15) is 19.3 Å². The van der Waals surface area contributed by atoms with Gasteiger partial charge in [0.1, 0.15) is 5.75 Å². The molecule has 1 saturated heterocycles. The van der Waals surface area contributed by atoms with Crippen LogP contribution in [0.15, 0.2) is 53.0 Å². The fraction of sp³-hybridized carbons (Fsp3) is 0.294. The van der Waals surface area contributed by atoms with Gasteiger partial charge in [0, 0.05) is 16.5 Å². The predicted octanol–water partition coefficient (Wildman–Crippen LogP) is 5.02. The minimum atomic E-state index is -0.111. The summed E-state index contributed by atoms with van der Waals surface area (Å²) in [4.78, 5) is 0. The van der Waals surface area contributed by atoms with E-state index in [-0.39, 0.29) is 6.29 Å². The van der Waals surface area contributed by atoms with E-state index in [1.165, 1.54) is 6.42 Å². The Bertz CT molecular complexity index is 559. The molecule has 0 saturated carbocycles. The van der Waals surface area contributed by atoms with Crippen molar-refractivity contribution in [2.45, 2.75) is 25.6 Å². The molecule has 2 nitrogen and oxygen atoms in total. The summed E-state index contributed by atoms with van der Waals surface area (Å²) in [5, 5.41) is 0. The van der Waals surface area contributed by atoms with Crippen molar-refractivity contribution in [1.82, 2.24) is 0 Å². The molecule has 1 fully saturated rings. The van der Waals surface area contributed by atoms with E-state index in [0.29, 0.717) is 0 Å². The number of hydrogen-bond donors (Lipinski definition) is 0. The molecule has 0 spiro atoms. The fourth-order valence-electron chi connectivity index (χ4n) is 2.38. The summed E-state index contributed by atoms with van der Waals surface area (Å²) in [6.45, 7) is 0.797. The second-order valence-electron chi connectivity index (χ2n) is 4.92. The number of halogens is 1. The molecule has 1 aliphatic heterocycles. The van der Waals surface area contributed by atoms with Gasteiger partial charge in [-0.05, 0) is 36.6 Å². The van der Waals surface area contributed by atoms with Crippen molar-refractivity contribution in [3.63, 3.8) is 0 Å². The number of rotatable bonds is 3. The Kier molecular flexibility index (Phi) is 4.38. The summed E-state index contributed by atoms with van der Waals surface area (Å²) in [5.74, 6) is 0.890. The molecule has 0 radical (unpaired) electrons. The Hall–Kier alpha value is -1.32. The van der Waals surface area contributed by atoms with Crippen LogP contribution < -0.4 is 4.74 Å². The molecule has 20 heavy (non-hydrogen) atoms. The number of para-hydroxylation sites is 1. The van der Waals surface area contributed by atoms with Gasteiger partial charge in [-0.15, -0.1) is 0 Å². The lowest BCUT2D eigenvalue weighted by molar-refractivity contribution is -0.105. The zero-order valence-corrected chi connectivity index (χ0v) is 12.8. The van der Waals surface area contributed by atoms with E-state index in [1.54, 1.807) is 0 Å². The largest absolute Gasteiger partial charge is 0.464 e. The van der Waals surface area contributed by atoms with Gasteiger partial charge in [-0.2, -0.15) is 0 Å². The Morgan fingerprint density at radius 2 is 1.80 bits per heavy atom. The second-order valence-corrected chi connectivity index (χ2v) is 5.83. The van der Waals surface area contributed by atoms with Gasteiger partial charge < -0.3 is 9.47 Å². The first-order chi connectivity index (χ1) is 9.83. The molecule has 104 valence electrons. The smallest absolute Gasteiger partial charge is 0.199 e. The van der Waals surface area contributed by atoms with Crippen LogP contribution in [0.3, 0.4) is 0 Å². The summed E-state index contributed by atoms with van der Waals surface area (Å²) in [7, 11) is 0. The minimum Gasteiger partial charge on any atom is -0.464 e. The lowest BCUT2D eigenvalue weighted by Crippen LogP contribution is -2.25. The van der Waals surface area contributed by atoms with Crippen molar-refractivity contribution in [3.8, 4) is 16.9 Å². The van der Waals surface area contributed by atoms with Crippen molar-refractivity contribution in [1.29, 1.82) is 0 Å². The van der Waals surface area contributed by atoms with Crippen LogP contribution in [0.4, 0.5) is 0 Å². The molecule has 1 atom stereocenters. The van der Waals surface area contributed by atoms with Gasteiger partial charge in [-0.3, -0.25) is 0 Å². The number of ether oxygens (including phenoxy) is 2. The van der Waals surface area contributed by atoms with Crippen LogP contribution in [0.2, 0.25) is 0 Å². The van der Waals surface area contributed by atoms with E-state index < -0.39 is 0 Å². The summed E-state index contributed by atoms with van der Waals surface area (Å²) in [6.07, 6.45) is 3.16. The molecule has 2 aromatic rings. The molecular weight excluding hydrogens is 316 g/mol. The first kappa shape index (κ1) is 13.7. The molecule has 1 unspecified atom stereocenters. The molecule has 1 aliphatic rings. The lowest BCUT2D eigenvalue weighted by atomic mass is 10.0. The van der Waals surface area contributed by atoms with E-state index in [0.717, 1.165) is 40.8 Å². The van der Waals surface area contributed by atoms with E-state index in [4.69, 9.17) is 9.47 Å². The summed E-state index contributed by atoms with van der Waals surface area (Å²) in [5.41, 5.74) is 2.26. The molecular formula is C17H17BrO2. The van der Waals surface area contributed by atoms with Gasteiger partial charge in [-0.25, -0.2) is 0 Å². The Balaban J connectivity index is 1.85. The Morgan fingerprint density at radius 3 is 2.55 bits per heavy atom. The number of hydrogen-bond acceptors (Lipinski definition) is 2. The first-order valence-electron chi connectivity index (χ1n) is 6.96. The molecule has 3 heteroatoms. The highest BCUT2D eigenvalue weighted by Gasteiger charge is 2.17. The van der Waals surface area contributed by atoms with Gasteiger partial charge in [0.2, 0.25) is 0 Å². The second kappa shape index (κ2) is 6.42. The molecule has 0 amide bonds. The lowest BCUT2D eigenvalue weighted by Gasteiger charge is -2.24. The third kappa shape index (κ3) is 3.22. The van der Waals surface area contributed by atoms with Gasteiger partial charge >= 0.3 is 0 Å². The van der Waals surface area contributed by atoms with Gasteiger partial charge in [0.05, 0.1) is 6.61 Å². The zero-order valence-electron chi connectivity index (χ0n) is 11.2. The van der Waals surface area contributed by atoms with Crippen molar-refractivity contribution in [3.05, 3.63) is 53.0 Å². The van der Waals surface area contributed by atoms with Crippen molar-refractivity contribution in [2.75, 3.05) is 6.61 Å². The standard InChI is InChI=1S/C17H17BrO2/c18-14-10-8-13(9-11-14)15-5-1-2-6-16(15)20-17-7-3-4-12-19-17/h1-2,5-6,8-11,17H,3-4,7,12H2. The van der Waals surface area contributed by atoms with E-state index in [2.05, 4.69) is 34.1 Å². The van der Waals surface area contributed by atoms with Crippen LogP contribution in [0.5, 0.6) is 5.75 Å². The molecule has 0 aromatic heterocycles. The normalized spacial score (nSPS) is 18.8. The molecule has 3 rings (SSSR count). The quantitative estimate of drug-likeness (QED) is 0.785. The van der Waals surface area contributed by atoms with Crippen LogP contribution in [-0.2, 0) is 4.74 Å². The zero-order chi connectivity index (χ0) is 13.8. The van der Waals surface area contributed by atoms with Gasteiger partial charge in [-0.1, -0.05) is 46.3 Å². The van der Waals surface area contributed by atoms with Crippen molar-refractivity contribution >= 4 is 15.9 Å². The van der Waals surface area contributed by atoms with Crippen LogP contribution in [0, 0.1) is 0 Å². The third-order valence-corrected chi connectivity index (χ3v) is 3.97. The maximum Gasteiger partial charge on any atom is 0.199 e. The average Bonchev–Trinajstić information content (AvgIpc) is 2.50. The van der Waals surface area contributed by atoms with Crippen LogP contribution >= 0.6 is 15.9 Å². The maximum atomic E-state index is 6.04. The van der Waals surface area contributed by atoms with Gasteiger partial charge in [0.15, 0.2) is 6.29 Å². The monoisotopic (exact) mass is 332 g/mol. The molecule has 0 aliphatic carbocycles. The molecule has 0 N–H and O–H groups in total.